The molecule has 0 radical (unpaired) electrons. The van der Waals surface area contributed by atoms with Gasteiger partial charge in [0.2, 0.25) is 0 Å². The second kappa shape index (κ2) is 3.23. The molecule has 0 aromatic rings. The Kier molecular flexibility index (Phi) is 3.26. The number of carbonyl (C=O) groups is 1. The van der Waals surface area contributed by atoms with Crippen LogP contribution in [0.25, 0.3) is 0 Å². The largest absolute Gasteiger partial charge is 0.270 e. The van der Waals surface area contributed by atoms with Crippen molar-refractivity contribution in [2.45, 2.75) is 18.2 Å². The highest BCUT2D eigenvalue weighted by atomic mass is 79.9. The van der Waals surface area contributed by atoms with Crippen molar-refractivity contribution in [3.8, 4) is 0 Å². The van der Waals surface area contributed by atoms with E-state index in [1.807, 2.05) is 0 Å². The van der Waals surface area contributed by atoms with E-state index in [-0.39, 0.29) is 5.91 Å². The van der Waals surface area contributed by atoms with Crippen molar-refractivity contribution in [2.24, 2.45) is 4.36 Å². The number of nitrogens with zero attached hydrogens (tertiary/aromatic N) is 1. The third kappa shape index (κ3) is 5.38. The lowest BCUT2D eigenvalue weighted by Gasteiger charge is -2.09. The van der Waals surface area contributed by atoms with Crippen LogP contribution in [0.3, 0.4) is 0 Å². The highest BCUT2D eigenvalue weighted by Gasteiger charge is 2.23. The van der Waals surface area contributed by atoms with Crippen LogP contribution in [0.4, 0.5) is 0 Å². The summed E-state index contributed by atoms with van der Waals surface area (Å²) in [5, 5.41) is 0. The average molecular weight is 242 g/mol. The summed E-state index contributed by atoms with van der Waals surface area (Å²) >= 11 is 3.13. The lowest BCUT2D eigenvalue weighted by atomic mass is 10.2. The van der Waals surface area contributed by atoms with E-state index < -0.39 is 14.1 Å². The second-order valence-electron chi connectivity index (χ2n) is 3.05. The molecule has 0 aliphatic rings. The quantitative estimate of drug-likeness (QED) is 0.653. The van der Waals surface area contributed by atoms with E-state index in [0.717, 1.165) is 0 Å². The maximum Gasteiger partial charge on any atom is 0.270 e. The van der Waals surface area contributed by atoms with Crippen molar-refractivity contribution in [1.82, 2.24) is 0 Å². The topological polar surface area (TPSA) is 46.5 Å². The van der Waals surface area contributed by atoms with Crippen LogP contribution in [-0.4, -0.2) is 27.0 Å². The molecule has 0 aromatic heterocycles. The van der Waals surface area contributed by atoms with E-state index in [1.54, 1.807) is 13.8 Å². The molecule has 0 atom stereocenters. The monoisotopic (exact) mass is 241 g/mol. The number of hydrogen-bond acceptors (Lipinski definition) is 2. The number of halogens is 1. The van der Waals surface area contributed by atoms with Crippen molar-refractivity contribution in [2.75, 3.05) is 12.5 Å². The molecule has 0 saturated heterocycles. The number of rotatable bonds is 1. The van der Waals surface area contributed by atoms with Crippen molar-refractivity contribution >= 4 is 31.6 Å². The minimum Gasteiger partial charge on any atom is -0.270 e. The summed E-state index contributed by atoms with van der Waals surface area (Å²) in [6.07, 6.45) is 2.87. The summed E-state index contributed by atoms with van der Waals surface area (Å²) in [5.41, 5.74) is 0. The molecule has 0 bridgehead atoms. The first-order valence-electron chi connectivity index (χ1n) is 3.03. The van der Waals surface area contributed by atoms with Gasteiger partial charge in [-0.25, -0.2) is 4.21 Å². The third-order valence-corrected chi connectivity index (χ3v) is 1.76. The smallest absolute Gasteiger partial charge is 0.270 e. The van der Waals surface area contributed by atoms with Gasteiger partial charge in [-0.3, -0.25) is 4.79 Å². The summed E-state index contributed by atoms with van der Waals surface area (Å²) in [6.45, 7) is 3.34. The van der Waals surface area contributed by atoms with Gasteiger partial charge in [0.1, 0.15) is 4.32 Å². The van der Waals surface area contributed by atoms with Crippen molar-refractivity contribution in [3.05, 3.63) is 0 Å². The zero-order chi connectivity index (χ0) is 9.28. The molecule has 0 spiro atoms. The summed E-state index contributed by atoms with van der Waals surface area (Å²) in [6, 6.07) is 0. The van der Waals surface area contributed by atoms with E-state index in [4.69, 9.17) is 0 Å². The minimum atomic E-state index is -2.31. The lowest BCUT2D eigenvalue weighted by Crippen LogP contribution is -2.22. The van der Waals surface area contributed by atoms with Crippen molar-refractivity contribution in [1.29, 1.82) is 0 Å². The SMILES string of the molecule is CC(C)(Br)C(=O)N=S(C)(C)=O. The number of alkyl halides is 1. The van der Waals surface area contributed by atoms with Gasteiger partial charge >= 0.3 is 0 Å². The number of amides is 1. The molecule has 0 aliphatic carbocycles. The molecule has 0 aliphatic heterocycles. The predicted octanol–water partition coefficient (Wildman–Crippen LogP) is 1.41. The molecule has 0 fully saturated rings. The molecule has 0 N–H and O–H groups in total. The van der Waals surface area contributed by atoms with Gasteiger partial charge in [0.25, 0.3) is 5.91 Å². The maximum atomic E-state index is 11.1. The first-order chi connectivity index (χ1) is 4.63. The molecular formula is C6H12BrNO2S. The fourth-order valence-electron chi connectivity index (χ4n) is 0.308. The summed E-state index contributed by atoms with van der Waals surface area (Å²) in [5.74, 6) is -0.382. The van der Waals surface area contributed by atoms with E-state index in [1.165, 1.54) is 12.5 Å². The maximum absolute atomic E-state index is 11.1. The Morgan fingerprint density at radius 2 is 1.82 bits per heavy atom. The van der Waals surface area contributed by atoms with Crippen molar-refractivity contribution in [3.63, 3.8) is 0 Å². The average Bonchev–Trinajstić information content (AvgIpc) is 1.56. The molecule has 5 heteroatoms. The first kappa shape index (κ1) is 11.1. The molecule has 66 valence electrons. The van der Waals surface area contributed by atoms with Gasteiger partial charge in [-0.15, -0.1) is 0 Å². The highest BCUT2D eigenvalue weighted by Crippen LogP contribution is 2.17. The van der Waals surface area contributed by atoms with Crippen LogP contribution in [0.5, 0.6) is 0 Å². The molecule has 0 unspecified atom stereocenters. The van der Waals surface area contributed by atoms with Gasteiger partial charge in [0, 0.05) is 22.2 Å². The standard InChI is InChI=1S/C6H12BrNO2S/c1-6(2,7)5(9)8-11(3,4)10/h1-4H3. The van der Waals surface area contributed by atoms with Gasteiger partial charge in [0.05, 0.1) is 0 Å². The molecule has 0 rings (SSSR count). The fourth-order valence-corrected chi connectivity index (χ4v) is 1.14. The summed E-state index contributed by atoms with van der Waals surface area (Å²) < 4.78 is 13.9. The zero-order valence-electron chi connectivity index (χ0n) is 7.05. The van der Waals surface area contributed by atoms with E-state index >= 15 is 0 Å². The normalized spacial score (nSPS) is 12.8. The molecular weight excluding hydrogens is 230 g/mol. The fraction of sp³-hybridized carbons (Fsp3) is 0.833. The van der Waals surface area contributed by atoms with Gasteiger partial charge in [-0.2, -0.15) is 4.36 Å². The number of hydrogen-bond donors (Lipinski definition) is 0. The Hall–Kier alpha value is 0.1000. The molecule has 1 amide bonds. The van der Waals surface area contributed by atoms with Crippen LogP contribution in [0.15, 0.2) is 4.36 Å². The van der Waals surface area contributed by atoms with Crippen molar-refractivity contribution < 1.29 is 9.00 Å². The minimum absolute atomic E-state index is 0.382. The second-order valence-corrected chi connectivity index (χ2v) is 7.58. The Bertz CT molecular complexity index is 263. The Labute approximate surface area is 75.9 Å². The third-order valence-electron chi connectivity index (χ3n) is 0.811. The molecule has 11 heavy (non-hydrogen) atoms. The lowest BCUT2D eigenvalue weighted by molar-refractivity contribution is -0.118. The highest BCUT2D eigenvalue weighted by molar-refractivity contribution is 9.10. The first-order valence-corrected chi connectivity index (χ1v) is 6.16. The molecule has 0 saturated carbocycles. The van der Waals surface area contributed by atoms with E-state index in [2.05, 4.69) is 20.3 Å². The zero-order valence-corrected chi connectivity index (χ0v) is 9.45. The van der Waals surface area contributed by atoms with Crippen LogP contribution in [0, 0.1) is 0 Å². The predicted molar refractivity (Wildman–Crippen MR) is 50.4 cm³/mol. The summed E-state index contributed by atoms with van der Waals surface area (Å²) in [4.78, 5) is 11.1. The van der Waals surface area contributed by atoms with Gasteiger partial charge in [0.15, 0.2) is 0 Å². The van der Waals surface area contributed by atoms with Crippen LogP contribution >= 0.6 is 15.9 Å². The Morgan fingerprint density at radius 3 is 1.91 bits per heavy atom. The van der Waals surface area contributed by atoms with Gasteiger partial charge in [-0.05, 0) is 13.8 Å². The Balaban J connectivity index is 4.73. The number of carbonyl (C=O) groups excluding carboxylic acids is 1. The van der Waals surface area contributed by atoms with Gasteiger partial charge < -0.3 is 0 Å². The van der Waals surface area contributed by atoms with E-state index in [0.29, 0.717) is 0 Å². The van der Waals surface area contributed by atoms with Crippen LogP contribution in [-0.2, 0) is 14.5 Å². The molecule has 0 aromatic carbocycles. The summed E-state index contributed by atoms with van der Waals surface area (Å²) in [7, 11) is -2.31. The Morgan fingerprint density at radius 1 is 1.45 bits per heavy atom. The van der Waals surface area contributed by atoms with E-state index in [9.17, 15) is 9.00 Å². The van der Waals surface area contributed by atoms with Crippen LogP contribution in [0.1, 0.15) is 13.8 Å². The van der Waals surface area contributed by atoms with Crippen LogP contribution in [0.2, 0.25) is 0 Å². The van der Waals surface area contributed by atoms with Crippen LogP contribution < -0.4 is 0 Å². The van der Waals surface area contributed by atoms with Gasteiger partial charge in [-0.1, -0.05) is 15.9 Å². The molecule has 3 nitrogen and oxygen atoms in total. The molecule has 0 heterocycles.